The second-order valence-corrected chi connectivity index (χ2v) is 4.70. The number of esters is 1. The standard InChI is InChI=1S/C12H24O2/c1-6-11(14-10(3)13)8-9-12(4,5)7-2/h11H,6-9H2,1-5H3. The molecule has 0 spiro atoms. The predicted molar refractivity (Wildman–Crippen MR) is 59.2 cm³/mol. The second kappa shape index (κ2) is 6.05. The minimum Gasteiger partial charge on any atom is -0.463 e. The second-order valence-electron chi connectivity index (χ2n) is 4.70. The molecule has 1 atom stereocenters. The van der Waals surface area contributed by atoms with Crippen molar-refractivity contribution in [3.63, 3.8) is 0 Å². The van der Waals surface area contributed by atoms with Gasteiger partial charge in [-0.15, -0.1) is 0 Å². The lowest BCUT2D eigenvalue weighted by atomic mass is 9.84. The van der Waals surface area contributed by atoms with E-state index in [1.165, 1.54) is 13.3 Å². The zero-order chi connectivity index (χ0) is 11.2. The Hall–Kier alpha value is -0.530. The summed E-state index contributed by atoms with van der Waals surface area (Å²) in [6.07, 6.45) is 4.30. The Balaban J connectivity index is 3.89. The molecule has 1 unspecified atom stereocenters. The molecule has 0 aliphatic carbocycles. The van der Waals surface area contributed by atoms with E-state index in [1.807, 2.05) is 0 Å². The molecule has 0 fully saturated rings. The zero-order valence-corrected chi connectivity index (χ0v) is 10.2. The van der Waals surface area contributed by atoms with Crippen LogP contribution in [0.4, 0.5) is 0 Å². The zero-order valence-electron chi connectivity index (χ0n) is 10.2. The fourth-order valence-electron chi connectivity index (χ4n) is 1.31. The van der Waals surface area contributed by atoms with Crippen molar-refractivity contribution in [3.8, 4) is 0 Å². The number of hydrogen-bond donors (Lipinski definition) is 0. The highest BCUT2D eigenvalue weighted by molar-refractivity contribution is 5.66. The fraction of sp³-hybridized carbons (Fsp3) is 0.917. The van der Waals surface area contributed by atoms with Crippen molar-refractivity contribution in [2.24, 2.45) is 5.41 Å². The van der Waals surface area contributed by atoms with Gasteiger partial charge < -0.3 is 4.74 Å². The van der Waals surface area contributed by atoms with Crippen LogP contribution in [0, 0.1) is 5.41 Å². The highest BCUT2D eigenvalue weighted by Crippen LogP contribution is 2.27. The average molecular weight is 200 g/mol. The average Bonchev–Trinajstić information content (AvgIpc) is 2.12. The third kappa shape index (κ3) is 6.01. The molecule has 0 aromatic heterocycles. The summed E-state index contributed by atoms with van der Waals surface area (Å²) in [7, 11) is 0. The Bertz CT molecular complexity index is 173. The van der Waals surface area contributed by atoms with E-state index >= 15 is 0 Å². The monoisotopic (exact) mass is 200 g/mol. The van der Waals surface area contributed by atoms with Crippen LogP contribution in [-0.4, -0.2) is 12.1 Å². The molecule has 0 aliphatic rings. The van der Waals surface area contributed by atoms with Crippen LogP contribution in [0.1, 0.15) is 60.3 Å². The van der Waals surface area contributed by atoms with Gasteiger partial charge in [0.2, 0.25) is 0 Å². The van der Waals surface area contributed by atoms with Gasteiger partial charge in [-0.05, 0) is 24.7 Å². The third-order valence-corrected chi connectivity index (χ3v) is 2.89. The van der Waals surface area contributed by atoms with Crippen LogP contribution >= 0.6 is 0 Å². The fourth-order valence-corrected chi connectivity index (χ4v) is 1.31. The summed E-state index contributed by atoms with van der Waals surface area (Å²) in [5, 5.41) is 0. The summed E-state index contributed by atoms with van der Waals surface area (Å²) in [6, 6.07) is 0. The minimum atomic E-state index is -0.161. The van der Waals surface area contributed by atoms with Crippen LogP contribution in [0.25, 0.3) is 0 Å². The Morgan fingerprint density at radius 3 is 2.29 bits per heavy atom. The highest BCUT2D eigenvalue weighted by atomic mass is 16.5. The Morgan fingerprint density at radius 2 is 1.93 bits per heavy atom. The van der Waals surface area contributed by atoms with Gasteiger partial charge >= 0.3 is 5.97 Å². The van der Waals surface area contributed by atoms with Gasteiger partial charge in [0, 0.05) is 6.92 Å². The largest absolute Gasteiger partial charge is 0.463 e. The Labute approximate surface area is 88.0 Å². The first-order valence-corrected chi connectivity index (χ1v) is 5.58. The topological polar surface area (TPSA) is 26.3 Å². The molecule has 0 saturated carbocycles. The summed E-state index contributed by atoms with van der Waals surface area (Å²) in [5.41, 5.74) is 0.369. The molecule has 0 bridgehead atoms. The van der Waals surface area contributed by atoms with Crippen LogP contribution < -0.4 is 0 Å². The molecular formula is C12H24O2. The lowest BCUT2D eigenvalue weighted by Crippen LogP contribution is -2.19. The van der Waals surface area contributed by atoms with Crippen molar-refractivity contribution in [3.05, 3.63) is 0 Å². The normalized spacial score (nSPS) is 13.8. The van der Waals surface area contributed by atoms with E-state index in [0.717, 1.165) is 19.3 Å². The minimum absolute atomic E-state index is 0.110. The van der Waals surface area contributed by atoms with Gasteiger partial charge in [-0.3, -0.25) is 4.79 Å². The molecular weight excluding hydrogens is 176 g/mol. The Morgan fingerprint density at radius 1 is 1.36 bits per heavy atom. The van der Waals surface area contributed by atoms with Gasteiger partial charge in [0.15, 0.2) is 0 Å². The first-order valence-electron chi connectivity index (χ1n) is 5.58. The molecule has 0 N–H and O–H groups in total. The molecule has 0 aliphatic heterocycles. The molecule has 0 radical (unpaired) electrons. The van der Waals surface area contributed by atoms with Crippen LogP contribution in [-0.2, 0) is 9.53 Å². The van der Waals surface area contributed by atoms with E-state index in [-0.39, 0.29) is 12.1 Å². The van der Waals surface area contributed by atoms with Crippen molar-refractivity contribution >= 4 is 5.97 Å². The smallest absolute Gasteiger partial charge is 0.302 e. The maximum Gasteiger partial charge on any atom is 0.302 e. The quantitative estimate of drug-likeness (QED) is 0.613. The van der Waals surface area contributed by atoms with Crippen molar-refractivity contribution in [2.45, 2.75) is 66.4 Å². The summed E-state index contributed by atoms with van der Waals surface area (Å²) < 4.78 is 5.20. The van der Waals surface area contributed by atoms with Crippen LogP contribution in [0.15, 0.2) is 0 Å². The maximum absolute atomic E-state index is 10.8. The van der Waals surface area contributed by atoms with Gasteiger partial charge in [0.25, 0.3) is 0 Å². The molecule has 0 aromatic carbocycles. The third-order valence-electron chi connectivity index (χ3n) is 2.89. The van der Waals surface area contributed by atoms with E-state index < -0.39 is 0 Å². The van der Waals surface area contributed by atoms with E-state index in [9.17, 15) is 4.79 Å². The van der Waals surface area contributed by atoms with Gasteiger partial charge in [-0.2, -0.15) is 0 Å². The molecule has 14 heavy (non-hydrogen) atoms. The maximum atomic E-state index is 10.8. The number of ether oxygens (including phenoxy) is 1. The lowest BCUT2D eigenvalue weighted by Gasteiger charge is -2.25. The van der Waals surface area contributed by atoms with Crippen LogP contribution in [0.5, 0.6) is 0 Å². The molecule has 84 valence electrons. The van der Waals surface area contributed by atoms with Gasteiger partial charge in [0.05, 0.1) is 0 Å². The van der Waals surface area contributed by atoms with E-state index in [2.05, 4.69) is 27.7 Å². The number of rotatable bonds is 6. The van der Waals surface area contributed by atoms with Crippen LogP contribution in [0.2, 0.25) is 0 Å². The molecule has 0 aromatic rings. The van der Waals surface area contributed by atoms with Crippen molar-refractivity contribution in [2.75, 3.05) is 0 Å². The molecule has 0 rings (SSSR count). The first-order chi connectivity index (χ1) is 6.41. The molecule has 0 heterocycles. The molecule has 2 nitrogen and oxygen atoms in total. The number of carbonyl (C=O) groups is 1. The van der Waals surface area contributed by atoms with Gasteiger partial charge in [-0.25, -0.2) is 0 Å². The van der Waals surface area contributed by atoms with Crippen molar-refractivity contribution in [1.82, 2.24) is 0 Å². The molecule has 0 amide bonds. The summed E-state index contributed by atoms with van der Waals surface area (Å²) in [6.45, 7) is 10.3. The summed E-state index contributed by atoms with van der Waals surface area (Å²) >= 11 is 0. The first kappa shape index (κ1) is 13.5. The number of hydrogen-bond acceptors (Lipinski definition) is 2. The SMILES string of the molecule is CCC(CCC(C)(C)CC)OC(C)=O. The highest BCUT2D eigenvalue weighted by Gasteiger charge is 2.18. The summed E-state index contributed by atoms with van der Waals surface area (Å²) in [4.78, 5) is 10.8. The molecule has 2 heteroatoms. The molecule has 0 saturated heterocycles. The van der Waals surface area contributed by atoms with E-state index in [0.29, 0.717) is 5.41 Å². The van der Waals surface area contributed by atoms with E-state index in [4.69, 9.17) is 4.74 Å². The van der Waals surface area contributed by atoms with Crippen molar-refractivity contribution < 1.29 is 9.53 Å². The van der Waals surface area contributed by atoms with Gasteiger partial charge in [-0.1, -0.05) is 34.1 Å². The lowest BCUT2D eigenvalue weighted by molar-refractivity contribution is -0.147. The van der Waals surface area contributed by atoms with Crippen molar-refractivity contribution in [1.29, 1.82) is 0 Å². The van der Waals surface area contributed by atoms with Crippen LogP contribution in [0.3, 0.4) is 0 Å². The number of carbonyl (C=O) groups excluding carboxylic acids is 1. The Kier molecular flexibility index (Phi) is 5.82. The van der Waals surface area contributed by atoms with E-state index in [1.54, 1.807) is 0 Å². The summed E-state index contributed by atoms with van der Waals surface area (Å²) in [5.74, 6) is -0.161. The van der Waals surface area contributed by atoms with Gasteiger partial charge in [0.1, 0.15) is 6.10 Å². The predicted octanol–water partition coefficient (Wildman–Crippen LogP) is 3.54.